The zero-order valence-electron chi connectivity index (χ0n) is 15.3. The van der Waals surface area contributed by atoms with Crippen molar-refractivity contribution < 1.29 is 4.79 Å². The Bertz CT molecular complexity index is 1330. The number of H-pyrrole nitrogens is 1. The van der Waals surface area contributed by atoms with Crippen molar-refractivity contribution in [3.8, 4) is 11.3 Å². The van der Waals surface area contributed by atoms with Gasteiger partial charge in [0.1, 0.15) is 5.65 Å². The number of fused-ring (bicyclic) bond motifs is 2. The van der Waals surface area contributed by atoms with E-state index in [1.165, 1.54) is 5.56 Å². The van der Waals surface area contributed by atoms with Crippen LogP contribution >= 0.6 is 0 Å². The van der Waals surface area contributed by atoms with Gasteiger partial charge in [-0.25, -0.2) is 4.98 Å². The summed E-state index contributed by atoms with van der Waals surface area (Å²) < 4.78 is 2.02. The first-order valence-electron chi connectivity index (χ1n) is 9.10. The number of nitrogens with zero attached hydrogens (tertiary/aromatic N) is 2. The molecule has 0 spiro atoms. The van der Waals surface area contributed by atoms with Gasteiger partial charge >= 0.3 is 0 Å². The Labute approximate surface area is 161 Å². The van der Waals surface area contributed by atoms with Crippen LogP contribution in [0.4, 0.5) is 5.69 Å². The van der Waals surface area contributed by atoms with Crippen molar-refractivity contribution in [3.05, 3.63) is 90.4 Å². The van der Waals surface area contributed by atoms with Crippen LogP contribution in [0, 0.1) is 6.92 Å². The molecule has 3 heterocycles. The molecule has 0 unspecified atom stereocenters. The molecule has 5 aromatic rings. The lowest BCUT2D eigenvalue weighted by molar-refractivity contribution is 0.102. The van der Waals surface area contributed by atoms with E-state index in [4.69, 9.17) is 0 Å². The van der Waals surface area contributed by atoms with Crippen LogP contribution in [0.1, 0.15) is 15.9 Å². The van der Waals surface area contributed by atoms with Gasteiger partial charge in [-0.2, -0.15) is 0 Å². The molecule has 0 atom stereocenters. The first-order chi connectivity index (χ1) is 13.7. The van der Waals surface area contributed by atoms with Crippen LogP contribution < -0.4 is 5.32 Å². The largest absolute Gasteiger partial charge is 0.361 e. The van der Waals surface area contributed by atoms with Crippen LogP contribution in [0.25, 0.3) is 27.8 Å². The Balaban J connectivity index is 1.43. The Kier molecular flexibility index (Phi) is 3.72. The molecule has 0 aliphatic carbocycles. The van der Waals surface area contributed by atoms with Crippen molar-refractivity contribution in [2.24, 2.45) is 0 Å². The molecule has 0 bridgehead atoms. The van der Waals surface area contributed by atoms with Crippen LogP contribution in [0.15, 0.2) is 79.3 Å². The van der Waals surface area contributed by atoms with E-state index in [9.17, 15) is 4.79 Å². The fourth-order valence-electron chi connectivity index (χ4n) is 3.39. The topological polar surface area (TPSA) is 62.2 Å². The minimum atomic E-state index is -0.140. The summed E-state index contributed by atoms with van der Waals surface area (Å²) in [7, 11) is 0. The van der Waals surface area contributed by atoms with Gasteiger partial charge in [-0.1, -0.05) is 24.3 Å². The Morgan fingerprint density at radius 2 is 1.96 bits per heavy atom. The molecule has 2 aromatic carbocycles. The number of hydrogen-bond acceptors (Lipinski definition) is 2. The standard InChI is InChI=1S/C23H18N4O/c1-15-5-8-22-26-21(14-27(22)13-15)17-3-2-4-19(11-17)25-23(28)18-7-6-16-9-10-24-20(16)12-18/h2-14,24H,1H3,(H,25,28). The van der Waals surface area contributed by atoms with E-state index in [1.807, 2.05) is 83.7 Å². The third kappa shape index (κ3) is 2.93. The number of nitrogens with one attached hydrogen (secondary N) is 2. The molecular formula is C23H18N4O. The van der Waals surface area contributed by atoms with Gasteiger partial charge < -0.3 is 14.7 Å². The normalized spacial score (nSPS) is 11.2. The highest BCUT2D eigenvalue weighted by Gasteiger charge is 2.10. The summed E-state index contributed by atoms with van der Waals surface area (Å²) >= 11 is 0. The summed E-state index contributed by atoms with van der Waals surface area (Å²) in [6.45, 7) is 2.06. The molecule has 0 aliphatic rings. The van der Waals surface area contributed by atoms with Crippen LogP contribution in [0.3, 0.4) is 0 Å². The van der Waals surface area contributed by atoms with Crippen molar-refractivity contribution in [3.63, 3.8) is 0 Å². The number of carbonyl (C=O) groups is 1. The summed E-state index contributed by atoms with van der Waals surface area (Å²) in [5.74, 6) is -0.140. The molecule has 0 saturated carbocycles. The van der Waals surface area contributed by atoms with E-state index >= 15 is 0 Å². The van der Waals surface area contributed by atoms with Crippen LogP contribution in [0.5, 0.6) is 0 Å². The number of benzene rings is 2. The van der Waals surface area contributed by atoms with Crippen molar-refractivity contribution in [1.29, 1.82) is 0 Å². The lowest BCUT2D eigenvalue weighted by Gasteiger charge is -2.07. The number of imidazole rings is 1. The van der Waals surface area contributed by atoms with Crippen LogP contribution in [0.2, 0.25) is 0 Å². The summed E-state index contributed by atoms with van der Waals surface area (Å²) in [6.07, 6.45) is 5.92. The zero-order chi connectivity index (χ0) is 19.1. The van der Waals surface area contributed by atoms with Crippen LogP contribution in [-0.2, 0) is 0 Å². The summed E-state index contributed by atoms with van der Waals surface area (Å²) in [6, 6.07) is 19.4. The van der Waals surface area contributed by atoms with Gasteiger partial charge in [0.05, 0.1) is 5.69 Å². The number of aromatic nitrogens is 3. The lowest BCUT2D eigenvalue weighted by atomic mass is 10.1. The molecule has 0 fully saturated rings. The Morgan fingerprint density at radius 3 is 2.89 bits per heavy atom. The minimum Gasteiger partial charge on any atom is -0.361 e. The molecule has 2 N–H and O–H groups in total. The maximum absolute atomic E-state index is 12.7. The van der Waals surface area contributed by atoms with Gasteiger partial charge in [-0.15, -0.1) is 0 Å². The molecule has 5 rings (SSSR count). The van der Waals surface area contributed by atoms with Gasteiger partial charge in [-0.05, 0) is 54.3 Å². The molecular weight excluding hydrogens is 348 g/mol. The predicted octanol–water partition coefficient (Wildman–Crippen LogP) is 5.04. The van der Waals surface area contributed by atoms with Gasteiger partial charge in [0, 0.05) is 40.9 Å². The smallest absolute Gasteiger partial charge is 0.255 e. The van der Waals surface area contributed by atoms with E-state index in [0.29, 0.717) is 5.56 Å². The molecule has 5 nitrogen and oxygen atoms in total. The molecule has 28 heavy (non-hydrogen) atoms. The molecule has 136 valence electrons. The number of carbonyl (C=O) groups excluding carboxylic acids is 1. The molecule has 1 amide bonds. The highest BCUT2D eigenvalue weighted by molar-refractivity contribution is 6.06. The van der Waals surface area contributed by atoms with E-state index in [2.05, 4.69) is 22.2 Å². The molecule has 0 radical (unpaired) electrons. The van der Waals surface area contributed by atoms with Gasteiger partial charge in [0.25, 0.3) is 5.91 Å². The number of aryl methyl sites for hydroxylation is 1. The maximum Gasteiger partial charge on any atom is 0.255 e. The first-order valence-corrected chi connectivity index (χ1v) is 9.10. The second-order valence-electron chi connectivity index (χ2n) is 6.91. The zero-order valence-corrected chi connectivity index (χ0v) is 15.3. The second kappa shape index (κ2) is 6.39. The SMILES string of the molecule is Cc1ccc2nc(-c3cccc(NC(=O)c4ccc5cc[nH]c5c4)c3)cn2c1. The lowest BCUT2D eigenvalue weighted by Crippen LogP contribution is -2.11. The van der Waals surface area contributed by atoms with Crippen LogP contribution in [-0.4, -0.2) is 20.3 Å². The third-order valence-electron chi connectivity index (χ3n) is 4.83. The summed E-state index contributed by atoms with van der Waals surface area (Å²) in [4.78, 5) is 20.5. The quantitative estimate of drug-likeness (QED) is 0.470. The monoisotopic (exact) mass is 366 g/mol. The van der Waals surface area contributed by atoms with Gasteiger partial charge in [0.15, 0.2) is 0 Å². The average molecular weight is 366 g/mol. The summed E-state index contributed by atoms with van der Waals surface area (Å²) in [5.41, 5.74) is 6.20. The highest BCUT2D eigenvalue weighted by atomic mass is 16.1. The number of aromatic amines is 1. The third-order valence-corrected chi connectivity index (χ3v) is 4.83. The Morgan fingerprint density at radius 1 is 1.04 bits per heavy atom. The van der Waals surface area contributed by atoms with Crippen molar-refractivity contribution >= 4 is 28.1 Å². The van der Waals surface area contributed by atoms with Crippen molar-refractivity contribution in [1.82, 2.24) is 14.4 Å². The van der Waals surface area contributed by atoms with Gasteiger partial charge in [0.2, 0.25) is 0 Å². The number of hydrogen-bond donors (Lipinski definition) is 2. The predicted molar refractivity (Wildman–Crippen MR) is 112 cm³/mol. The van der Waals surface area contributed by atoms with E-state index in [-0.39, 0.29) is 5.91 Å². The number of amides is 1. The fourth-order valence-corrected chi connectivity index (χ4v) is 3.39. The highest BCUT2D eigenvalue weighted by Crippen LogP contribution is 2.23. The van der Waals surface area contributed by atoms with Crippen molar-refractivity contribution in [2.75, 3.05) is 5.32 Å². The van der Waals surface area contributed by atoms with Crippen molar-refractivity contribution in [2.45, 2.75) is 6.92 Å². The summed E-state index contributed by atoms with van der Waals surface area (Å²) in [5, 5.41) is 4.06. The average Bonchev–Trinajstić information content (AvgIpc) is 3.33. The molecule has 5 heteroatoms. The van der Waals surface area contributed by atoms with E-state index in [1.54, 1.807) is 0 Å². The minimum absolute atomic E-state index is 0.140. The van der Waals surface area contributed by atoms with E-state index in [0.717, 1.165) is 33.5 Å². The number of pyridine rings is 1. The van der Waals surface area contributed by atoms with E-state index < -0.39 is 0 Å². The second-order valence-corrected chi connectivity index (χ2v) is 6.91. The van der Waals surface area contributed by atoms with Gasteiger partial charge in [-0.3, -0.25) is 4.79 Å². The molecule has 0 aliphatic heterocycles. The number of anilines is 1. The Hall–Kier alpha value is -3.86. The first kappa shape index (κ1) is 16.3. The maximum atomic E-state index is 12.7. The fraction of sp³-hybridized carbons (Fsp3) is 0.0435. The number of rotatable bonds is 3. The molecule has 0 saturated heterocycles. The molecule has 3 aromatic heterocycles.